The standard InChI is InChI=1S/C8H15NO4/c1-8(13-4-7(11)12)5-9(6-8)2-3-10/h10H,2-6H2,1H3,(H,11,12). The maximum atomic E-state index is 10.2. The van der Waals surface area contributed by atoms with Crippen LogP contribution in [0.25, 0.3) is 0 Å². The predicted octanol–water partition coefficient (Wildman–Crippen LogP) is -0.846. The number of β-amino-alcohol motifs (C(OH)–C–C–N with tert-alkyl or cyclic N) is 1. The van der Waals surface area contributed by atoms with Crippen LogP contribution in [0.15, 0.2) is 0 Å². The van der Waals surface area contributed by atoms with E-state index in [4.69, 9.17) is 14.9 Å². The Hall–Kier alpha value is -0.650. The van der Waals surface area contributed by atoms with Gasteiger partial charge in [0.2, 0.25) is 0 Å². The zero-order valence-corrected chi connectivity index (χ0v) is 7.69. The second-order valence-electron chi connectivity index (χ2n) is 3.57. The Kier molecular flexibility index (Phi) is 3.24. The minimum Gasteiger partial charge on any atom is -0.480 e. The molecule has 0 aromatic heterocycles. The Labute approximate surface area is 76.9 Å². The summed E-state index contributed by atoms with van der Waals surface area (Å²) in [6.45, 7) is 3.79. The van der Waals surface area contributed by atoms with Gasteiger partial charge in [0.25, 0.3) is 0 Å². The molecule has 0 spiro atoms. The van der Waals surface area contributed by atoms with Crippen molar-refractivity contribution in [2.75, 3.05) is 32.8 Å². The summed E-state index contributed by atoms with van der Waals surface area (Å²) in [6, 6.07) is 0. The fraction of sp³-hybridized carbons (Fsp3) is 0.875. The summed E-state index contributed by atoms with van der Waals surface area (Å²) in [5, 5.41) is 17.0. The van der Waals surface area contributed by atoms with Crippen LogP contribution >= 0.6 is 0 Å². The predicted molar refractivity (Wildman–Crippen MR) is 45.5 cm³/mol. The Morgan fingerprint density at radius 3 is 2.69 bits per heavy atom. The monoisotopic (exact) mass is 189 g/mol. The Balaban J connectivity index is 2.18. The van der Waals surface area contributed by atoms with E-state index in [1.54, 1.807) is 0 Å². The number of nitrogens with zero attached hydrogens (tertiary/aromatic N) is 1. The molecular formula is C8H15NO4. The number of carbonyl (C=O) groups is 1. The molecule has 1 rings (SSSR count). The van der Waals surface area contributed by atoms with E-state index in [0.29, 0.717) is 19.6 Å². The second-order valence-corrected chi connectivity index (χ2v) is 3.57. The van der Waals surface area contributed by atoms with Gasteiger partial charge in [0.15, 0.2) is 0 Å². The summed E-state index contributed by atoms with van der Waals surface area (Å²) in [4.78, 5) is 12.2. The van der Waals surface area contributed by atoms with Crippen molar-refractivity contribution in [3.05, 3.63) is 0 Å². The molecule has 1 fully saturated rings. The highest BCUT2D eigenvalue weighted by molar-refractivity contribution is 5.68. The van der Waals surface area contributed by atoms with E-state index in [9.17, 15) is 4.79 Å². The first-order valence-electron chi connectivity index (χ1n) is 4.25. The molecule has 1 aliphatic rings. The Morgan fingerprint density at radius 2 is 2.23 bits per heavy atom. The van der Waals surface area contributed by atoms with Crippen molar-refractivity contribution in [1.29, 1.82) is 0 Å². The summed E-state index contributed by atoms with van der Waals surface area (Å²) >= 11 is 0. The van der Waals surface area contributed by atoms with Gasteiger partial charge in [-0.15, -0.1) is 0 Å². The van der Waals surface area contributed by atoms with Gasteiger partial charge < -0.3 is 14.9 Å². The van der Waals surface area contributed by atoms with Crippen LogP contribution in [0.5, 0.6) is 0 Å². The zero-order chi connectivity index (χ0) is 9.90. The number of carboxylic acids is 1. The molecule has 5 heteroatoms. The van der Waals surface area contributed by atoms with Crippen LogP contribution in [0, 0.1) is 0 Å². The highest BCUT2D eigenvalue weighted by Gasteiger charge is 2.39. The van der Waals surface area contributed by atoms with E-state index in [1.165, 1.54) is 0 Å². The molecule has 1 saturated heterocycles. The quantitative estimate of drug-likeness (QED) is 0.589. The minimum absolute atomic E-state index is 0.134. The van der Waals surface area contributed by atoms with Crippen molar-refractivity contribution in [2.24, 2.45) is 0 Å². The van der Waals surface area contributed by atoms with E-state index in [-0.39, 0.29) is 18.8 Å². The van der Waals surface area contributed by atoms with Crippen LogP contribution in [0.4, 0.5) is 0 Å². The summed E-state index contributed by atoms with van der Waals surface area (Å²) in [7, 11) is 0. The van der Waals surface area contributed by atoms with Crippen LogP contribution in [-0.2, 0) is 9.53 Å². The third-order valence-electron chi connectivity index (χ3n) is 2.08. The molecule has 0 bridgehead atoms. The first-order chi connectivity index (χ1) is 6.06. The van der Waals surface area contributed by atoms with Crippen molar-refractivity contribution in [2.45, 2.75) is 12.5 Å². The lowest BCUT2D eigenvalue weighted by atomic mass is 9.96. The van der Waals surface area contributed by atoms with E-state index < -0.39 is 5.97 Å². The fourth-order valence-electron chi connectivity index (χ4n) is 1.53. The summed E-state index contributed by atoms with van der Waals surface area (Å²) < 4.78 is 5.18. The topological polar surface area (TPSA) is 70.0 Å². The number of ether oxygens (including phenoxy) is 1. The maximum Gasteiger partial charge on any atom is 0.329 e. The molecule has 0 aromatic rings. The van der Waals surface area contributed by atoms with Gasteiger partial charge in [0, 0.05) is 19.6 Å². The summed E-state index contributed by atoms with van der Waals surface area (Å²) in [6.07, 6.45) is 0. The van der Waals surface area contributed by atoms with E-state index in [1.807, 2.05) is 11.8 Å². The molecule has 76 valence electrons. The van der Waals surface area contributed by atoms with Crippen molar-refractivity contribution in [1.82, 2.24) is 4.90 Å². The second kappa shape index (κ2) is 4.04. The maximum absolute atomic E-state index is 10.2. The number of aliphatic hydroxyl groups is 1. The molecule has 0 aromatic carbocycles. The lowest BCUT2D eigenvalue weighted by Crippen LogP contribution is -2.62. The Morgan fingerprint density at radius 1 is 1.62 bits per heavy atom. The Bertz CT molecular complexity index is 189. The smallest absolute Gasteiger partial charge is 0.329 e. The number of aliphatic hydroxyl groups excluding tert-OH is 1. The SMILES string of the molecule is CC1(OCC(=O)O)CN(CCO)C1. The molecule has 0 saturated carbocycles. The van der Waals surface area contributed by atoms with Gasteiger partial charge in [-0.3, -0.25) is 4.90 Å². The van der Waals surface area contributed by atoms with Crippen molar-refractivity contribution in [3.63, 3.8) is 0 Å². The average molecular weight is 189 g/mol. The molecule has 1 aliphatic heterocycles. The zero-order valence-electron chi connectivity index (χ0n) is 7.69. The first-order valence-corrected chi connectivity index (χ1v) is 4.25. The highest BCUT2D eigenvalue weighted by Crippen LogP contribution is 2.23. The van der Waals surface area contributed by atoms with Crippen molar-refractivity contribution in [3.8, 4) is 0 Å². The lowest BCUT2D eigenvalue weighted by Gasteiger charge is -2.47. The first kappa shape index (κ1) is 10.4. The summed E-state index contributed by atoms with van der Waals surface area (Å²) in [5.74, 6) is -0.943. The van der Waals surface area contributed by atoms with Gasteiger partial charge in [0.1, 0.15) is 6.61 Å². The van der Waals surface area contributed by atoms with Crippen LogP contribution in [0.1, 0.15) is 6.92 Å². The molecule has 0 aliphatic carbocycles. The van der Waals surface area contributed by atoms with Gasteiger partial charge in [-0.2, -0.15) is 0 Å². The van der Waals surface area contributed by atoms with Gasteiger partial charge in [-0.1, -0.05) is 0 Å². The molecule has 5 nitrogen and oxygen atoms in total. The molecule has 0 unspecified atom stereocenters. The molecule has 0 amide bonds. The number of hydrogen-bond acceptors (Lipinski definition) is 4. The van der Waals surface area contributed by atoms with Gasteiger partial charge in [-0.25, -0.2) is 4.79 Å². The number of rotatable bonds is 5. The number of carboxylic acid groups (broad SMARTS) is 1. The number of aliphatic carboxylic acids is 1. The number of hydrogen-bond donors (Lipinski definition) is 2. The van der Waals surface area contributed by atoms with Crippen LogP contribution in [-0.4, -0.2) is 59.5 Å². The van der Waals surface area contributed by atoms with Crippen molar-refractivity contribution < 1.29 is 19.7 Å². The molecular weight excluding hydrogens is 174 g/mol. The summed E-state index contributed by atoms with van der Waals surface area (Å²) in [5.41, 5.74) is -0.340. The highest BCUT2D eigenvalue weighted by atomic mass is 16.5. The molecule has 13 heavy (non-hydrogen) atoms. The van der Waals surface area contributed by atoms with E-state index in [0.717, 1.165) is 0 Å². The molecule has 0 atom stereocenters. The average Bonchev–Trinajstić information content (AvgIpc) is 1.99. The van der Waals surface area contributed by atoms with Gasteiger partial charge in [0.05, 0.1) is 12.2 Å². The normalized spacial score (nSPS) is 21.1. The minimum atomic E-state index is -0.943. The largest absolute Gasteiger partial charge is 0.480 e. The van der Waals surface area contributed by atoms with Crippen molar-refractivity contribution >= 4 is 5.97 Å². The van der Waals surface area contributed by atoms with E-state index in [2.05, 4.69) is 0 Å². The van der Waals surface area contributed by atoms with Crippen LogP contribution < -0.4 is 0 Å². The lowest BCUT2D eigenvalue weighted by molar-refractivity contribution is -0.165. The van der Waals surface area contributed by atoms with Gasteiger partial charge in [-0.05, 0) is 6.92 Å². The van der Waals surface area contributed by atoms with Crippen LogP contribution in [0.3, 0.4) is 0 Å². The van der Waals surface area contributed by atoms with E-state index >= 15 is 0 Å². The fourth-order valence-corrected chi connectivity index (χ4v) is 1.53. The third-order valence-corrected chi connectivity index (χ3v) is 2.08. The van der Waals surface area contributed by atoms with Crippen LogP contribution in [0.2, 0.25) is 0 Å². The molecule has 0 radical (unpaired) electrons. The molecule has 1 heterocycles. The van der Waals surface area contributed by atoms with Gasteiger partial charge >= 0.3 is 5.97 Å². The molecule has 2 N–H and O–H groups in total. The third kappa shape index (κ3) is 2.95. The number of likely N-dealkylation sites (tertiary alicyclic amines) is 1.